The first-order valence-electron chi connectivity index (χ1n) is 8.72. The third-order valence-electron chi connectivity index (χ3n) is 4.39. The molecule has 1 atom stereocenters. The van der Waals surface area contributed by atoms with Crippen LogP contribution in [-0.2, 0) is 0 Å². The molecule has 1 N–H and O–H groups in total. The lowest BCUT2D eigenvalue weighted by molar-refractivity contribution is 0.199. The van der Waals surface area contributed by atoms with Crippen molar-refractivity contribution in [1.82, 2.24) is 19.6 Å². The largest absolute Gasteiger partial charge is 0.389 e. The SMILES string of the molecule is CC(O)c1cccc(-n2ccc(=O)c(-c3ccnn3-c3ccccc3F)n2)c1. The van der Waals surface area contributed by atoms with Crippen LogP contribution in [0.5, 0.6) is 0 Å². The minimum absolute atomic E-state index is 0.144. The summed E-state index contributed by atoms with van der Waals surface area (Å²) in [7, 11) is 0. The third-order valence-corrected chi connectivity index (χ3v) is 4.39. The average Bonchev–Trinajstić information content (AvgIpc) is 3.18. The maximum absolute atomic E-state index is 14.2. The summed E-state index contributed by atoms with van der Waals surface area (Å²) >= 11 is 0. The van der Waals surface area contributed by atoms with Gasteiger partial charge in [-0.15, -0.1) is 0 Å². The minimum Gasteiger partial charge on any atom is -0.389 e. The van der Waals surface area contributed by atoms with Crippen molar-refractivity contribution in [3.63, 3.8) is 0 Å². The highest BCUT2D eigenvalue weighted by Crippen LogP contribution is 2.21. The van der Waals surface area contributed by atoms with E-state index in [4.69, 9.17) is 0 Å². The van der Waals surface area contributed by atoms with Crippen LogP contribution in [0.15, 0.2) is 77.9 Å². The molecular formula is C21H17FN4O2. The van der Waals surface area contributed by atoms with Gasteiger partial charge in [-0.1, -0.05) is 24.3 Å². The van der Waals surface area contributed by atoms with Gasteiger partial charge in [0, 0.05) is 12.3 Å². The molecule has 0 fully saturated rings. The zero-order chi connectivity index (χ0) is 19.7. The van der Waals surface area contributed by atoms with Crippen molar-refractivity contribution >= 4 is 0 Å². The van der Waals surface area contributed by atoms with Crippen LogP contribution in [-0.4, -0.2) is 24.7 Å². The zero-order valence-corrected chi connectivity index (χ0v) is 15.0. The second-order valence-corrected chi connectivity index (χ2v) is 6.32. The minimum atomic E-state index is -0.624. The molecule has 6 nitrogen and oxygen atoms in total. The molecule has 0 aliphatic carbocycles. The van der Waals surface area contributed by atoms with E-state index in [1.54, 1.807) is 54.2 Å². The molecule has 0 aliphatic rings. The van der Waals surface area contributed by atoms with Crippen molar-refractivity contribution < 1.29 is 9.50 Å². The van der Waals surface area contributed by atoms with Gasteiger partial charge in [-0.3, -0.25) is 4.79 Å². The van der Waals surface area contributed by atoms with E-state index in [2.05, 4.69) is 10.2 Å². The molecule has 0 saturated heterocycles. The lowest BCUT2D eigenvalue weighted by Gasteiger charge is -2.12. The number of halogens is 1. The first-order valence-corrected chi connectivity index (χ1v) is 8.72. The quantitative estimate of drug-likeness (QED) is 0.593. The molecule has 0 spiro atoms. The van der Waals surface area contributed by atoms with E-state index in [9.17, 15) is 14.3 Å². The fourth-order valence-corrected chi connectivity index (χ4v) is 2.95. The van der Waals surface area contributed by atoms with E-state index in [1.807, 2.05) is 12.1 Å². The molecule has 28 heavy (non-hydrogen) atoms. The smallest absolute Gasteiger partial charge is 0.209 e. The lowest BCUT2D eigenvalue weighted by atomic mass is 10.1. The van der Waals surface area contributed by atoms with Gasteiger partial charge in [0.05, 0.1) is 23.7 Å². The van der Waals surface area contributed by atoms with Gasteiger partial charge in [0.15, 0.2) is 5.69 Å². The number of hydrogen-bond acceptors (Lipinski definition) is 4. The van der Waals surface area contributed by atoms with Crippen molar-refractivity contribution in [2.75, 3.05) is 0 Å². The molecule has 0 amide bonds. The Morgan fingerprint density at radius 3 is 2.68 bits per heavy atom. The molecule has 0 bridgehead atoms. The van der Waals surface area contributed by atoms with Crippen LogP contribution in [0, 0.1) is 5.82 Å². The van der Waals surface area contributed by atoms with E-state index < -0.39 is 11.9 Å². The number of rotatable bonds is 4. The number of nitrogens with zero attached hydrogens (tertiary/aromatic N) is 4. The van der Waals surface area contributed by atoms with Gasteiger partial charge in [-0.2, -0.15) is 10.2 Å². The van der Waals surface area contributed by atoms with Crippen molar-refractivity contribution in [2.24, 2.45) is 0 Å². The lowest BCUT2D eigenvalue weighted by Crippen LogP contribution is -2.15. The van der Waals surface area contributed by atoms with Crippen molar-refractivity contribution in [3.05, 3.63) is 94.7 Å². The maximum atomic E-state index is 14.2. The molecule has 2 heterocycles. The van der Waals surface area contributed by atoms with Gasteiger partial charge < -0.3 is 5.11 Å². The molecule has 4 rings (SSSR count). The predicted octanol–water partition coefficient (Wildman–Crippen LogP) is 3.28. The number of hydrogen-bond donors (Lipinski definition) is 1. The van der Waals surface area contributed by atoms with Crippen LogP contribution in [0.1, 0.15) is 18.6 Å². The highest BCUT2D eigenvalue weighted by Gasteiger charge is 2.15. The summed E-state index contributed by atoms with van der Waals surface area (Å²) in [5.41, 5.74) is 1.88. The summed E-state index contributed by atoms with van der Waals surface area (Å²) in [6, 6.07) is 16.4. The molecule has 4 aromatic rings. The van der Waals surface area contributed by atoms with Crippen LogP contribution >= 0.6 is 0 Å². The summed E-state index contributed by atoms with van der Waals surface area (Å²) in [6.07, 6.45) is 2.42. The summed E-state index contributed by atoms with van der Waals surface area (Å²) in [5.74, 6) is -0.451. The molecule has 0 aliphatic heterocycles. The predicted molar refractivity (Wildman–Crippen MR) is 103 cm³/mol. The van der Waals surface area contributed by atoms with E-state index >= 15 is 0 Å². The first kappa shape index (κ1) is 17.8. The Balaban J connectivity index is 1.85. The van der Waals surface area contributed by atoms with Crippen molar-refractivity contribution in [1.29, 1.82) is 0 Å². The fourth-order valence-electron chi connectivity index (χ4n) is 2.95. The second-order valence-electron chi connectivity index (χ2n) is 6.32. The third kappa shape index (κ3) is 3.23. The van der Waals surface area contributed by atoms with E-state index in [0.29, 0.717) is 11.4 Å². The van der Waals surface area contributed by atoms with Crippen LogP contribution in [0.3, 0.4) is 0 Å². The summed E-state index contributed by atoms with van der Waals surface area (Å²) in [4.78, 5) is 12.5. The Kier molecular flexibility index (Phi) is 4.58. The first-order chi connectivity index (χ1) is 13.5. The normalized spacial score (nSPS) is 12.1. The Labute approximate surface area is 160 Å². The van der Waals surface area contributed by atoms with Gasteiger partial charge in [-0.05, 0) is 42.8 Å². The van der Waals surface area contributed by atoms with Gasteiger partial charge >= 0.3 is 0 Å². The number of aromatic nitrogens is 4. The Hall–Kier alpha value is -3.58. The Morgan fingerprint density at radius 1 is 1.07 bits per heavy atom. The van der Waals surface area contributed by atoms with Gasteiger partial charge in [0.2, 0.25) is 5.43 Å². The summed E-state index contributed by atoms with van der Waals surface area (Å²) in [6.45, 7) is 1.68. The van der Waals surface area contributed by atoms with Crippen LogP contribution in [0.4, 0.5) is 4.39 Å². The molecule has 2 aromatic carbocycles. The van der Waals surface area contributed by atoms with Crippen LogP contribution in [0.25, 0.3) is 22.8 Å². The zero-order valence-electron chi connectivity index (χ0n) is 15.0. The van der Waals surface area contributed by atoms with Gasteiger partial charge in [-0.25, -0.2) is 13.8 Å². The molecule has 7 heteroatoms. The molecule has 0 saturated carbocycles. The van der Waals surface area contributed by atoms with Crippen molar-refractivity contribution in [3.8, 4) is 22.8 Å². The molecule has 0 radical (unpaired) electrons. The van der Waals surface area contributed by atoms with E-state index in [-0.39, 0.29) is 16.8 Å². The summed E-state index contributed by atoms with van der Waals surface area (Å²) in [5, 5.41) is 18.4. The highest BCUT2D eigenvalue weighted by atomic mass is 19.1. The number of aliphatic hydroxyl groups excluding tert-OH is 1. The molecular weight excluding hydrogens is 359 g/mol. The van der Waals surface area contributed by atoms with Gasteiger partial charge in [0.1, 0.15) is 11.5 Å². The second kappa shape index (κ2) is 7.21. The monoisotopic (exact) mass is 376 g/mol. The molecule has 1 unspecified atom stereocenters. The average molecular weight is 376 g/mol. The summed E-state index contributed by atoms with van der Waals surface area (Å²) < 4.78 is 17.1. The standard InChI is InChI=1S/C21H17FN4O2/c1-14(27)15-5-4-6-16(13-15)25-12-10-20(28)21(24-25)19-9-11-23-26(19)18-8-3-2-7-17(18)22/h2-14,27H,1H3. The molecule has 140 valence electrons. The Morgan fingerprint density at radius 2 is 1.89 bits per heavy atom. The van der Waals surface area contributed by atoms with Crippen LogP contribution in [0.2, 0.25) is 0 Å². The number of benzene rings is 2. The fraction of sp³-hybridized carbons (Fsp3) is 0.0952. The van der Waals surface area contributed by atoms with Crippen molar-refractivity contribution in [2.45, 2.75) is 13.0 Å². The Bertz CT molecular complexity index is 1200. The molecule has 2 aromatic heterocycles. The maximum Gasteiger partial charge on any atom is 0.209 e. The number of aliphatic hydroxyl groups is 1. The van der Waals surface area contributed by atoms with E-state index in [1.165, 1.54) is 23.0 Å². The van der Waals surface area contributed by atoms with Gasteiger partial charge in [0.25, 0.3) is 0 Å². The highest BCUT2D eigenvalue weighted by molar-refractivity contribution is 5.57. The van der Waals surface area contributed by atoms with E-state index in [0.717, 1.165) is 5.56 Å². The number of para-hydroxylation sites is 1. The van der Waals surface area contributed by atoms with Crippen LogP contribution < -0.4 is 5.43 Å². The topological polar surface area (TPSA) is 72.9 Å².